The maximum Gasteiger partial charge on any atom is -0.00137 e. The van der Waals surface area contributed by atoms with E-state index >= 15 is 0 Å². The summed E-state index contributed by atoms with van der Waals surface area (Å²) >= 11 is 0. The fraction of sp³-hybridized carbons (Fsp3) is 0. The fourth-order valence-electron chi connectivity index (χ4n) is 12.0. The highest BCUT2D eigenvalue weighted by atomic mass is 14.3. The molecule has 1 aliphatic rings. The van der Waals surface area contributed by atoms with E-state index in [2.05, 4.69) is 231 Å². The van der Waals surface area contributed by atoms with Gasteiger partial charge in [0.25, 0.3) is 0 Å². The van der Waals surface area contributed by atoms with Crippen LogP contribution in [0, 0.1) is 0 Å². The highest BCUT2D eigenvalue weighted by Gasteiger charge is 2.24. The van der Waals surface area contributed by atoms with E-state index in [4.69, 9.17) is 0 Å². The van der Waals surface area contributed by atoms with Crippen molar-refractivity contribution in [2.24, 2.45) is 0 Å². The first-order valence-corrected chi connectivity index (χ1v) is 23.1. The Balaban J connectivity index is 0.0000000909. The predicted octanol–water partition coefficient (Wildman–Crippen LogP) is 18.9. The van der Waals surface area contributed by atoms with Gasteiger partial charge in [-0.05, 0) is 170 Å². The minimum atomic E-state index is 1.30. The van der Waals surface area contributed by atoms with Crippen LogP contribution in [-0.4, -0.2) is 0 Å². The van der Waals surface area contributed by atoms with Crippen LogP contribution in [0.2, 0.25) is 0 Å². The van der Waals surface area contributed by atoms with Crippen molar-refractivity contribution in [3.8, 4) is 22.3 Å². The molecule has 0 saturated carbocycles. The summed E-state index contributed by atoms with van der Waals surface area (Å²) in [5.41, 5.74) is 5.52. The van der Waals surface area contributed by atoms with Crippen molar-refractivity contribution < 1.29 is 0 Å². The zero-order valence-electron chi connectivity index (χ0n) is 35.9. The Hall–Kier alpha value is -8.58. The summed E-state index contributed by atoms with van der Waals surface area (Å²) in [7, 11) is 0. The summed E-state index contributed by atoms with van der Waals surface area (Å²) in [6.07, 6.45) is 0. The van der Waals surface area contributed by atoms with Gasteiger partial charge in [0.2, 0.25) is 0 Å². The molecular formula is C66H38. The van der Waals surface area contributed by atoms with Crippen LogP contribution < -0.4 is 0 Å². The van der Waals surface area contributed by atoms with E-state index in [1.54, 1.807) is 0 Å². The molecular weight excluding hydrogens is 793 g/mol. The van der Waals surface area contributed by atoms with E-state index in [-0.39, 0.29) is 0 Å². The Kier molecular flexibility index (Phi) is 7.31. The number of rotatable bonds is 0. The second-order valence-electron chi connectivity index (χ2n) is 18.3. The van der Waals surface area contributed by atoms with Crippen molar-refractivity contribution in [3.05, 3.63) is 231 Å². The molecule has 17 rings (SSSR count). The molecule has 0 heteroatoms. The Bertz CT molecular complexity index is 4420. The van der Waals surface area contributed by atoms with E-state index in [1.165, 1.54) is 152 Å². The number of fused-ring (bicyclic) bond motifs is 10. The van der Waals surface area contributed by atoms with Gasteiger partial charge in [-0.3, -0.25) is 0 Å². The molecule has 0 unspecified atom stereocenters. The molecule has 0 N–H and O–H groups in total. The van der Waals surface area contributed by atoms with Crippen LogP contribution in [0.3, 0.4) is 0 Å². The third kappa shape index (κ3) is 4.99. The van der Waals surface area contributed by atoms with E-state index < -0.39 is 0 Å². The Morgan fingerprint density at radius 1 is 0.136 bits per heavy atom. The van der Waals surface area contributed by atoms with Crippen LogP contribution in [0.4, 0.5) is 0 Å². The largest absolute Gasteiger partial charge is 0.0616 e. The standard InChI is InChI=1S/2C22H12.C22H14/c1-3-13-7-9-15-11-12-16-10-8-14-4-2-6-18-17(5-1)19(13)21(15)22(16)20(14)18;1-2-7-17-16(6-1)18-11-10-14-9-8-13-4-3-5-15-12-19(17)22(18)21(14)20(13)15;1-3-7-19-15(5-1)9-11-17-14-22-18(13-21(17)19)12-10-16-6-2-4-8-20(16)22/h2*1-12H;1-14H. The van der Waals surface area contributed by atoms with Gasteiger partial charge in [-0.15, -0.1) is 0 Å². The normalized spacial score (nSPS) is 12.2. The second-order valence-corrected chi connectivity index (χ2v) is 18.3. The summed E-state index contributed by atoms with van der Waals surface area (Å²) in [5.74, 6) is 0. The number of benzene rings is 16. The molecule has 0 radical (unpaired) electrons. The molecule has 302 valence electrons. The molecule has 0 bridgehead atoms. The molecule has 0 atom stereocenters. The third-order valence-electron chi connectivity index (χ3n) is 14.9. The first kappa shape index (κ1) is 35.8. The van der Waals surface area contributed by atoms with Crippen molar-refractivity contribution in [3.63, 3.8) is 0 Å². The van der Waals surface area contributed by atoms with Gasteiger partial charge in [0.1, 0.15) is 0 Å². The minimum Gasteiger partial charge on any atom is -0.0616 e. The first-order chi connectivity index (χ1) is 32.7. The van der Waals surface area contributed by atoms with Crippen LogP contribution in [-0.2, 0) is 0 Å². The van der Waals surface area contributed by atoms with Gasteiger partial charge in [0.15, 0.2) is 0 Å². The quantitative estimate of drug-likeness (QED) is 0.105. The molecule has 0 nitrogen and oxygen atoms in total. The smallest absolute Gasteiger partial charge is 0.00137 e. The molecule has 16 aromatic rings. The molecule has 0 aliphatic heterocycles. The summed E-state index contributed by atoms with van der Waals surface area (Å²) in [6, 6.07) is 84.5. The van der Waals surface area contributed by atoms with Crippen LogP contribution in [0.5, 0.6) is 0 Å². The number of hydrogen-bond donors (Lipinski definition) is 0. The molecule has 1 aliphatic carbocycles. The maximum absolute atomic E-state index is 2.37. The Morgan fingerprint density at radius 2 is 0.485 bits per heavy atom. The monoisotopic (exact) mass is 830 g/mol. The topological polar surface area (TPSA) is 0 Å². The minimum absolute atomic E-state index is 1.30. The van der Waals surface area contributed by atoms with Crippen molar-refractivity contribution >= 4 is 129 Å². The first-order valence-electron chi connectivity index (χ1n) is 23.1. The molecule has 0 aromatic heterocycles. The van der Waals surface area contributed by atoms with Gasteiger partial charge >= 0.3 is 0 Å². The highest BCUT2D eigenvalue weighted by molar-refractivity contribution is 6.39. The van der Waals surface area contributed by atoms with Crippen molar-refractivity contribution in [2.75, 3.05) is 0 Å². The van der Waals surface area contributed by atoms with Gasteiger partial charge < -0.3 is 0 Å². The summed E-state index contributed by atoms with van der Waals surface area (Å²) in [6.45, 7) is 0. The maximum atomic E-state index is 2.37. The molecule has 0 amide bonds. The SMILES string of the molecule is c1cc2ccc3ccc4ccc5cccc6c(c1)c2c3c4c56.c1ccc2c(c1)-c1ccc3ccc4cccc5cc-2c1c3c45.c1ccc2c(c1)ccc1cc3c(ccc4ccccc43)cc12. The van der Waals surface area contributed by atoms with E-state index in [0.29, 0.717) is 0 Å². The highest BCUT2D eigenvalue weighted by Crippen LogP contribution is 2.51. The lowest BCUT2D eigenvalue weighted by Gasteiger charge is -2.17. The van der Waals surface area contributed by atoms with Gasteiger partial charge in [-0.25, -0.2) is 0 Å². The van der Waals surface area contributed by atoms with Crippen LogP contribution >= 0.6 is 0 Å². The van der Waals surface area contributed by atoms with Crippen molar-refractivity contribution in [1.29, 1.82) is 0 Å². The molecule has 0 saturated heterocycles. The van der Waals surface area contributed by atoms with E-state index in [0.717, 1.165) is 0 Å². The van der Waals surface area contributed by atoms with Crippen LogP contribution in [0.15, 0.2) is 231 Å². The average molecular weight is 831 g/mol. The van der Waals surface area contributed by atoms with Gasteiger partial charge in [0, 0.05) is 0 Å². The van der Waals surface area contributed by atoms with E-state index in [9.17, 15) is 0 Å². The zero-order chi connectivity index (χ0) is 43.0. The summed E-state index contributed by atoms with van der Waals surface area (Å²) < 4.78 is 0. The molecule has 0 fully saturated rings. The lowest BCUT2D eigenvalue weighted by Crippen LogP contribution is -1.89. The second kappa shape index (κ2) is 13.5. The summed E-state index contributed by atoms with van der Waals surface area (Å²) in [4.78, 5) is 0. The Labute approximate surface area is 380 Å². The summed E-state index contributed by atoms with van der Waals surface area (Å²) in [5, 5.41) is 32.6. The van der Waals surface area contributed by atoms with Gasteiger partial charge in [0.05, 0.1) is 0 Å². The molecule has 0 heterocycles. The lowest BCUT2D eigenvalue weighted by molar-refractivity contribution is 1.70. The molecule has 16 aromatic carbocycles. The predicted molar refractivity (Wildman–Crippen MR) is 287 cm³/mol. The van der Waals surface area contributed by atoms with Gasteiger partial charge in [-0.1, -0.05) is 212 Å². The fourth-order valence-corrected chi connectivity index (χ4v) is 12.0. The average Bonchev–Trinajstić information content (AvgIpc) is 3.71. The van der Waals surface area contributed by atoms with Crippen molar-refractivity contribution in [2.45, 2.75) is 0 Å². The van der Waals surface area contributed by atoms with Crippen molar-refractivity contribution in [1.82, 2.24) is 0 Å². The van der Waals surface area contributed by atoms with Gasteiger partial charge in [-0.2, -0.15) is 0 Å². The molecule has 66 heavy (non-hydrogen) atoms. The zero-order valence-corrected chi connectivity index (χ0v) is 35.9. The molecule has 0 spiro atoms. The van der Waals surface area contributed by atoms with Crippen LogP contribution in [0.1, 0.15) is 0 Å². The van der Waals surface area contributed by atoms with E-state index in [1.807, 2.05) is 0 Å². The third-order valence-corrected chi connectivity index (χ3v) is 14.9. The number of hydrogen-bond acceptors (Lipinski definition) is 0. The van der Waals surface area contributed by atoms with Crippen LogP contribution in [0.25, 0.3) is 152 Å². The lowest BCUT2D eigenvalue weighted by atomic mass is 9.86. The Morgan fingerprint density at radius 3 is 1.03 bits per heavy atom.